The van der Waals surface area contributed by atoms with E-state index in [1.807, 2.05) is 12.3 Å². The molecule has 21 heavy (non-hydrogen) atoms. The van der Waals surface area contributed by atoms with Crippen molar-refractivity contribution in [3.05, 3.63) is 22.8 Å². The smallest absolute Gasteiger partial charge is 0.237 e. The average Bonchev–Trinajstić information content (AvgIpc) is 3.06. The summed E-state index contributed by atoms with van der Waals surface area (Å²) in [7, 11) is 0. The molecule has 0 spiro atoms. The maximum Gasteiger partial charge on any atom is 0.237 e. The molecular formula is C13H18N4O2S2. The zero-order valence-electron chi connectivity index (χ0n) is 12.1. The van der Waals surface area contributed by atoms with Crippen molar-refractivity contribution >= 4 is 29.0 Å². The van der Waals surface area contributed by atoms with E-state index in [1.54, 1.807) is 23.1 Å². The molecule has 0 aliphatic heterocycles. The topological polar surface area (TPSA) is 80.9 Å². The molecule has 2 rings (SSSR count). The van der Waals surface area contributed by atoms with Gasteiger partial charge in [0.1, 0.15) is 0 Å². The Morgan fingerprint density at radius 3 is 3.05 bits per heavy atom. The number of hydrogen-bond donors (Lipinski definition) is 1. The van der Waals surface area contributed by atoms with Crippen LogP contribution in [0.4, 0.5) is 0 Å². The van der Waals surface area contributed by atoms with Gasteiger partial charge in [-0.15, -0.1) is 11.3 Å². The number of nitrogens with one attached hydrogen (secondary N) is 1. The van der Waals surface area contributed by atoms with E-state index in [9.17, 15) is 4.79 Å². The lowest BCUT2D eigenvalue weighted by Crippen LogP contribution is -2.26. The number of aromatic nitrogens is 3. The number of carbonyl (C=O) groups is 1. The SMILES string of the molecule is CCCCNC(=O)Cc1noc(CSc2nc(C)cs2)n1. The number of amides is 1. The lowest BCUT2D eigenvalue weighted by Gasteiger charge is -2.00. The van der Waals surface area contributed by atoms with Gasteiger partial charge in [-0.25, -0.2) is 4.98 Å². The number of hydrogen-bond acceptors (Lipinski definition) is 7. The molecule has 2 aromatic rings. The maximum atomic E-state index is 11.6. The highest BCUT2D eigenvalue weighted by Crippen LogP contribution is 2.25. The minimum atomic E-state index is -0.0704. The molecule has 0 atom stereocenters. The molecule has 0 aromatic carbocycles. The van der Waals surface area contributed by atoms with E-state index in [1.165, 1.54) is 0 Å². The summed E-state index contributed by atoms with van der Waals surface area (Å²) in [5, 5.41) is 8.65. The van der Waals surface area contributed by atoms with Gasteiger partial charge in [-0.2, -0.15) is 4.98 Å². The van der Waals surface area contributed by atoms with Gasteiger partial charge in [-0.05, 0) is 13.3 Å². The Labute approximate surface area is 131 Å². The summed E-state index contributed by atoms with van der Waals surface area (Å²) in [6.07, 6.45) is 2.20. The molecule has 0 radical (unpaired) electrons. The van der Waals surface area contributed by atoms with E-state index in [4.69, 9.17) is 4.52 Å². The van der Waals surface area contributed by atoms with Crippen molar-refractivity contribution in [1.29, 1.82) is 0 Å². The number of thioether (sulfide) groups is 1. The van der Waals surface area contributed by atoms with Crippen LogP contribution in [0.25, 0.3) is 0 Å². The van der Waals surface area contributed by atoms with Crippen LogP contribution >= 0.6 is 23.1 Å². The molecular weight excluding hydrogens is 308 g/mol. The summed E-state index contributed by atoms with van der Waals surface area (Å²) < 4.78 is 6.11. The predicted octanol–water partition coefficient (Wildman–Crippen LogP) is 2.59. The van der Waals surface area contributed by atoms with Crippen molar-refractivity contribution in [2.75, 3.05) is 6.54 Å². The first kappa shape index (κ1) is 16.0. The highest BCUT2D eigenvalue weighted by molar-refractivity contribution is 8.00. The van der Waals surface area contributed by atoms with Crippen LogP contribution in [0.1, 0.15) is 37.2 Å². The Morgan fingerprint density at radius 1 is 1.48 bits per heavy atom. The predicted molar refractivity (Wildman–Crippen MR) is 82.3 cm³/mol. The van der Waals surface area contributed by atoms with Crippen molar-refractivity contribution in [1.82, 2.24) is 20.4 Å². The Morgan fingerprint density at radius 2 is 2.33 bits per heavy atom. The third-order valence-electron chi connectivity index (χ3n) is 2.60. The number of unbranched alkanes of at least 4 members (excludes halogenated alkanes) is 1. The van der Waals surface area contributed by atoms with E-state index in [0.717, 1.165) is 22.9 Å². The minimum absolute atomic E-state index is 0.0704. The lowest BCUT2D eigenvalue weighted by molar-refractivity contribution is -0.120. The molecule has 6 nitrogen and oxygen atoms in total. The molecule has 2 heterocycles. The van der Waals surface area contributed by atoms with Crippen molar-refractivity contribution in [2.24, 2.45) is 0 Å². The first-order valence-electron chi connectivity index (χ1n) is 6.80. The summed E-state index contributed by atoms with van der Waals surface area (Å²) >= 11 is 3.15. The minimum Gasteiger partial charge on any atom is -0.356 e. The van der Waals surface area contributed by atoms with Crippen LogP contribution in [0.2, 0.25) is 0 Å². The Kier molecular flexibility index (Phi) is 6.19. The fraction of sp³-hybridized carbons (Fsp3) is 0.538. The molecule has 0 aliphatic rings. The van der Waals surface area contributed by atoms with Crippen LogP contribution in [0, 0.1) is 6.92 Å². The van der Waals surface area contributed by atoms with Crippen LogP contribution < -0.4 is 5.32 Å². The summed E-state index contributed by atoms with van der Waals surface area (Å²) in [6.45, 7) is 4.74. The average molecular weight is 326 g/mol. The maximum absolute atomic E-state index is 11.6. The van der Waals surface area contributed by atoms with Crippen molar-refractivity contribution in [3.63, 3.8) is 0 Å². The summed E-state index contributed by atoms with van der Waals surface area (Å²) in [5.74, 6) is 1.44. The monoisotopic (exact) mass is 326 g/mol. The van der Waals surface area contributed by atoms with Gasteiger partial charge in [0.2, 0.25) is 11.8 Å². The van der Waals surface area contributed by atoms with Crippen molar-refractivity contribution in [2.45, 2.75) is 43.2 Å². The number of thiazole rings is 1. The zero-order chi connectivity index (χ0) is 15.1. The van der Waals surface area contributed by atoms with Gasteiger partial charge in [0.25, 0.3) is 0 Å². The molecule has 0 unspecified atom stereocenters. The van der Waals surface area contributed by atoms with Gasteiger partial charge in [0.05, 0.1) is 12.2 Å². The first-order valence-corrected chi connectivity index (χ1v) is 8.67. The highest BCUT2D eigenvalue weighted by atomic mass is 32.2. The Balaban J connectivity index is 1.77. The van der Waals surface area contributed by atoms with Crippen molar-refractivity contribution < 1.29 is 9.32 Å². The van der Waals surface area contributed by atoms with E-state index >= 15 is 0 Å². The standard InChI is InChI=1S/C13H18N4O2S2/c1-3-4-5-14-11(18)6-10-16-12(19-17-10)8-21-13-15-9(2)7-20-13/h7H,3-6,8H2,1-2H3,(H,14,18). The molecule has 0 saturated heterocycles. The highest BCUT2D eigenvalue weighted by Gasteiger charge is 2.11. The third kappa shape index (κ3) is 5.47. The van der Waals surface area contributed by atoms with Crippen LogP contribution in [0.5, 0.6) is 0 Å². The summed E-state index contributed by atoms with van der Waals surface area (Å²) in [6, 6.07) is 0. The van der Waals surface area contributed by atoms with Crippen LogP contribution in [-0.2, 0) is 17.0 Å². The summed E-state index contributed by atoms with van der Waals surface area (Å²) in [5.41, 5.74) is 1.01. The number of aryl methyl sites for hydroxylation is 1. The van der Waals surface area contributed by atoms with Crippen LogP contribution in [0.15, 0.2) is 14.2 Å². The molecule has 8 heteroatoms. The third-order valence-corrected chi connectivity index (χ3v) is 4.72. The lowest BCUT2D eigenvalue weighted by atomic mass is 10.3. The van der Waals surface area contributed by atoms with E-state index in [0.29, 0.717) is 24.0 Å². The van der Waals surface area contributed by atoms with E-state index in [2.05, 4.69) is 27.4 Å². The Hall–Kier alpha value is -1.41. The molecule has 1 N–H and O–H groups in total. The molecule has 2 aromatic heterocycles. The van der Waals surface area contributed by atoms with Gasteiger partial charge in [-0.1, -0.05) is 30.3 Å². The fourth-order valence-electron chi connectivity index (χ4n) is 1.55. The van der Waals surface area contributed by atoms with E-state index in [-0.39, 0.29) is 12.3 Å². The second-order valence-electron chi connectivity index (χ2n) is 4.53. The first-order chi connectivity index (χ1) is 10.2. The molecule has 0 aliphatic carbocycles. The number of carbonyl (C=O) groups excluding carboxylic acids is 1. The molecule has 1 amide bonds. The van der Waals surface area contributed by atoms with Crippen LogP contribution in [0.3, 0.4) is 0 Å². The molecule has 0 fully saturated rings. The molecule has 114 valence electrons. The van der Waals surface area contributed by atoms with Gasteiger partial charge in [-0.3, -0.25) is 4.79 Å². The quantitative estimate of drug-likeness (QED) is 0.593. The fourth-order valence-corrected chi connectivity index (χ4v) is 3.24. The zero-order valence-corrected chi connectivity index (χ0v) is 13.7. The van der Waals surface area contributed by atoms with Crippen LogP contribution in [-0.4, -0.2) is 27.6 Å². The van der Waals surface area contributed by atoms with Gasteiger partial charge in [0.15, 0.2) is 10.2 Å². The largest absolute Gasteiger partial charge is 0.356 e. The van der Waals surface area contributed by atoms with Gasteiger partial charge in [0, 0.05) is 17.6 Å². The number of nitrogens with zero attached hydrogens (tertiary/aromatic N) is 3. The molecule has 0 saturated carbocycles. The normalized spacial score (nSPS) is 10.8. The molecule has 0 bridgehead atoms. The van der Waals surface area contributed by atoms with E-state index < -0.39 is 0 Å². The Bertz CT molecular complexity index is 582. The number of rotatable bonds is 8. The van der Waals surface area contributed by atoms with Gasteiger partial charge >= 0.3 is 0 Å². The second kappa shape index (κ2) is 8.14. The second-order valence-corrected chi connectivity index (χ2v) is 6.61. The summed E-state index contributed by atoms with van der Waals surface area (Å²) in [4.78, 5) is 20.2. The van der Waals surface area contributed by atoms with Crippen molar-refractivity contribution in [3.8, 4) is 0 Å². The van der Waals surface area contributed by atoms with Gasteiger partial charge < -0.3 is 9.84 Å².